The lowest BCUT2D eigenvalue weighted by Crippen LogP contribution is -1.99. The number of ether oxygens (including phenoxy) is 1. The average Bonchev–Trinajstić information content (AvgIpc) is 3.02. The van der Waals surface area contributed by atoms with Crippen molar-refractivity contribution in [3.8, 4) is 5.75 Å². The molecule has 2 heterocycles. The first-order valence-electron chi connectivity index (χ1n) is 6.02. The van der Waals surface area contributed by atoms with Crippen molar-refractivity contribution in [3.63, 3.8) is 0 Å². The molecule has 0 saturated carbocycles. The number of aromatic nitrogens is 1. The number of hydrogen-bond donors (Lipinski definition) is 0. The lowest BCUT2D eigenvalue weighted by Gasteiger charge is -2.04. The number of rotatable bonds is 3. The summed E-state index contributed by atoms with van der Waals surface area (Å²) in [6.45, 7) is 0. The summed E-state index contributed by atoms with van der Waals surface area (Å²) in [5.41, 5.74) is 2.42. The molecule has 0 aliphatic heterocycles. The molecule has 0 aliphatic carbocycles. The van der Waals surface area contributed by atoms with Crippen LogP contribution >= 0.6 is 33.9 Å². The normalized spacial score (nSPS) is 10.9. The SMILES string of the molecule is COc1cccc2c1c(C(=O)c1csc(I)c1)cn2C. The Kier molecular flexibility index (Phi) is 3.55. The van der Waals surface area contributed by atoms with Crippen LogP contribution in [0.3, 0.4) is 0 Å². The number of carbonyl (C=O) groups excluding carboxylic acids is 1. The highest BCUT2D eigenvalue weighted by Crippen LogP contribution is 2.32. The van der Waals surface area contributed by atoms with Crippen molar-refractivity contribution in [1.29, 1.82) is 0 Å². The molecule has 0 spiro atoms. The van der Waals surface area contributed by atoms with Crippen LogP contribution in [0.15, 0.2) is 35.8 Å². The minimum Gasteiger partial charge on any atom is -0.496 e. The molecule has 3 aromatic rings. The Morgan fingerprint density at radius 2 is 2.20 bits per heavy atom. The first kappa shape index (κ1) is 13.6. The van der Waals surface area contributed by atoms with Gasteiger partial charge in [0.15, 0.2) is 5.78 Å². The third kappa shape index (κ3) is 2.14. The first-order valence-corrected chi connectivity index (χ1v) is 7.98. The van der Waals surface area contributed by atoms with Gasteiger partial charge >= 0.3 is 0 Å². The fraction of sp³-hybridized carbons (Fsp3) is 0.133. The van der Waals surface area contributed by atoms with Gasteiger partial charge in [0.25, 0.3) is 0 Å². The van der Waals surface area contributed by atoms with Gasteiger partial charge < -0.3 is 9.30 Å². The number of nitrogens with zero attached hydrogens (tertiary/aromatic N) is 1. The topological polar surface area (TPSA) is 31.2 Å². The summed E-state index contributed by atoms with van der Waals surface area (Å²) in [6.07, 6.45) is 1.88. The monoisotopic (exact) mass is 397 g/mol. The molecule has 5 heteroatoms. The maximum Gasteiger partial charge on any atom is 0.196 e. The van der Waals surface area contributed by atoms with Crippen molar-refractivity contribution in [2.45, 2.75) is 0 Å². The van der Waals surface area contributed by atoms with E-state index in [1.807, 2.05) is 47.5 Å². The standard InChI is InChI=1S/C15H12INO2S/c1-17-7-10(15(18)9-6-13(16)20-8-9)14-11(17)4-3-5-12(14)19-2/h3-8H,1-2H3. The van der Waals surface area contributed by atoms with E-state index in [-0.39, 0.29) is 5.78 Å². The summed E-state index contributed by atoms with van der Waals surface area (Å²) < 4.78 is 8.48. The van der Waals surface area contributed by atoms with Gasteiger partial charge in [-0.25, -0.2) is 0 Å². The van der Waals surface area contributed by atoms with Crippen LogP contribution in [0, 0.1) is 2.88 Å². The molecule has 3 nitrogen and oxygen atoms in total. The van der Waals surface area contributed by atoms with Gasteiger partial charge in [-0.05, 0) is 40.8 Å². The molecule has 0 amide bonds. The van der Waals surface area contributed by atoms with Gasteiger partial charge in [0.2, 0.25) is 0 Å². The first-order chi connectivity index (χ1) is 9.61. The third-order valence-electron chi connectivity index (χ3n) is 3.27. The number of thiophene rings is 1. The Morgan fingerprint density at radius 3 is 2.85 bits per heavy atom. The number of benzene rings is 1. The highest BCUT2D eigenvalue weighted by atomic mass is 127. The molecule has 1 aromatic carbocycles. The number of fused-ring (bicyclic) bond motifs is 1. The van der Waals surface area contributed by atoms with E-state index in [1.54, 1.807) is 18.4 Å². The fourth-order valence-corrected chi connectivity index (χ4v) is 3.67. The zero-order valence-corrected chi connectivity index (χ0v) is 14.0. The number of aryl methyl sites for hydroxylation is 1. The average molecular weight is 397 g/mol. The number of methoxy groups -OCH3 is 1. The molecule has 0 radical (unpaired) electrons. The van der Waals surface area contributed by atoms with Crippen molar-refractivity contribution < 1.29 is 9.53 Å². The van der Waals surface area contributed by atoms with Crippen LogP contribution in [0.1, 0.15) is 15.9 Å². The van der Waals surface area contributed by atoms with Gasteiger partial charge in [0, 0.05) is 24.2 Å². The Balaban J connectivity index is 2.23. The molecule has 3 rings (SSSR count). The highest BCUT2D eigenvalue weighted by molar-refractivity contribution is 14.1. The second kappa shape index (κ2) is 5.21. The van der Waals surface area contributed by atoms with E-state index < -0.39 is 0 Å². The number of halogens is 1. The Hall–Kier alpha value is -1.34. The number of hydrogen-bond acceptors (Lipinski definition) is 3. The molecular weight excluding hydrogens is 385 g/mol. The zero-order valence-electron chi connectivity index (χ0n) is 11.0. The molecule has 0 bridgehead atoms. The number of carbonyl (C=O) groups is 1. The van der Waals surface area contributed by atoms with Crippen LogP contribution in [0.4, 0.5) is 0 Å². The molecule has 0 fully saturated rings. The summed E-state index contributed by atoms with van der Waals surface area (Å²) in [6, 6.07) is 7.73. The largest absolute Gasteiger partial charge is 0.496 e. The molecule has 2 aromatic heterocycles. The van der Waals surface area contributed by atoms with Gasteiger partial charge in [-0.15, -0.1) is 11.3 Å². The predicted molar refractivity (Wildman–Crippen MR) is 89.9 cm³/mol. The van der Waals surface area contributed by atoms with Gasteiger partial charge in [0.1, 0.15) is 5.75 Å². The van der Waals surface area contributed by atoms with E-state index in [1.165, 1.54) is 0 Å². The van der Waals surface area contributed by atoms with Crippen molar-refractivity contribution in [2.24, 2.45) is 7.05 Å². The van der Waals surface area contributed by atoms with E-state index in [0.29, 0.717) is 5.56 Å². The molecule has 0 atom stereocenters. The summed E-state index contributed by atoms with van der Waals surface area (Å²) >= 11 is 3.80. The fourth-order valence-electron chi connectivity index (χ4n) is 2.34. The highest BCUT2D eigenvalue weighted by Gasteiger charge is 2.19. The summed E-state index contributed by atoms with van der Waals surface area (Å²) in [7, 11) is 3.57. The van der Waals surface area contributed by atoms with Crippen LogP contribution in [-0.2, 0) is 7.05 Å². The van der Waals surface area contributed by atoms with Gasteiger partial charge in [-0.3, -0.25) is 4.79 Å². The van der Waals surface area contributed by atoms with Crippen molar-refractivity contribution >= 4 is 50.6 Å². The lowest BCUT2D eigenvalue weighted by atomic mass is 10.0. The lowest BCUT2D eigenvalue weighted by molar-refractivity contribution is 0.104. The maximum atomic E-state index is 12.7. The van der Waals surface area contributed by atoms with E-state index in [2.05, 4.69) is 22.6 Å². The van der Waals surface area contributed by atoms with Gasteiger partial charge in [-0.1, -0.05) is 6.07 Å². The molecule has 20 heavy (non-hydrogen) atoms. The molecule has 0 aliphatic rings. The Bertz CT molecular complexity index is 803. The summed E-state index contributed by atoms with van der Waals surface area (Å²) in [5.74, 6) is 0.774. The van der Waals surface area contributed by atoms with Crippen molar-refractivity contribution in [1.82, 2.24) is 4.57 Å². The molecule has 0 N–H and O–H groups in total. The van der Waals surface area contributed by atoms with Crippen LogP contribution in [-0.4, -0.2) is 17.5 Å². The van der Waals surface area contributed by atoms with Crippen LogP contribution < -0.4 is 4.74 Å². The van der Waals surface area contributed by atoms with Crippen LogP contribution in [0.25, 0.3) is 10.9 Å². The second-order valence-electron chi connectivity index (χ2n) is 4.48. The van der Waals surface area contributed by atoms with Crippen LogP contribution in [0.2, 0.25) is 0 Å². The predicted octanol–water partition coefficient (Wildman–Crippen LogP) is 4.08. The smallest absolute Gasteiger partial charge is 0.196 e. The molecule has 0 saturated heterocycles. The maximum absolute atomic E-state index is 12.7. The molecule has 102 valence electrons. The van der Waals surface area contributed by atoms with E-state index >= 15 is 0 Å². The van der Waals surface area contributed by atoms with Crippen molar-refractivity contribution in [2.75, 3.05) is 7.11 Å². The summed E-state index contributed by atoms with van der Waals surface area (Å²) in [5, 5.41) is 2.78. The minimum absolute atomic E-state index is 0.0410. The quantitative estimate of drug-likeness (QED) is 0.493. The van der Waals surface area contributed by atoms with Crippen LogP contribution in [0.5, 0.6) is 5.75 Å². The Morgan fingerprint density at radius 1 is 1.40 bits per heavy atom. The van der Waals surface area contributed by atoms with Gasteiger partial charge in [-0.2, -0.15) is 0 Å². The van der Waals surface area contributed by atoms with Gasteiger partial charge in [0.05, 0.1) is 26.5 Å². The zero-order chi connectivity index (χ0) is 14.3. The third-order valence-corrected chi connectivity index (χ3v) is 5.06. The second-order valence-corrected chi connectivity index (χ2v) is 7.28. The van der Waals surface area contributed by atoms with Crippen molar-refractivity contribution in [3.05, 3.63) is 49.9 Å². The molecular formula is C15H12INO2S. The Labute approximate surface area is 134 Å². The van der Waals surface area contributed by atoms with E-state index in [9.17, 15) is 4.79 Å². The molecule has 0 unspecified atom stereocenters. The number of ketones is 1. The van der Waals surface area contributed by atoms with E-state index in [4.69, 9.17) is 4.74 Å². The van der Waals surface area contributed by atoms with E-state index in [0.717, 1.165) is 25.1 Å². The minimum atomic E-state index is 0.0410. The summed E-state index contributed by atoms with van der Waals surface area (Å²) in [4.78, 5) is 12.7.